The van der Waals surface area contributed by atoms with Gasteiger partial charge in [0.25, 0.3) is 5.91 Å². The summed E-state index contributed by atoms with van der Waals surface area (Å²) in [7, 11) is 0. The minimum atomic E-state index is -0.246. The number of nitrogens with one attached hydrogen (secondary N) is 1. The van der Waals surface area contributed by atoms with Gasteiger partial charge >= 0.3 is 0 Å². The number of halogens is 1. The number of hydrogen-bond donors (Lipinski definition) is 1. The summed E-state index contributed by atoms with van der Waals surface area (Å²) in [5.41, 5.74) is 5.13. The number of rotatable bonds is 8. The molecule has 148 valence electrons. The molecule has 4 nitrogen and oxygen atoms in total. The van der Waals surface area contributed by atoms with E-state index in [2.05, 4.69) is 10.5 Å². The summed E-state index contributed by atoms with van der Waals surface area (Å²) in [6, 6.07) is 22.8. The van der Waals surface area contributed by atoms with E-state index in [9.17, 15) is 4.79 Å². The Hall–Kier alpha value is -2.76. The molecular formula is C23H21ClN2O2S. The number of thioether (sulfide) groups is 1. The second kappa shape index (κ2) is 10.7. The number of nitrogens with zero attached hydrogens (tertiary/aromatic N) is 1. The van der Waals surface area contributed by atoms with Gasteiger partial charge < -0.3 is 4.74 Å². The number of carbonyl (C=O) groups is 1. The predicted molar refractivity (Wildman–Crippen MR) is 120 cm³/mol. The third kappa shape index (κ3) is 6.66. The first-order valence-electron chi connectivity index (χ1n) is 9.17. The normalized spacial score (nSPS) is 10.8. The molecule has 0 radical (unpaired) electrons. The molecule has 29 heavy (non-hydrogen) atoms. The average Bonchev–Trinajstić information content (AvgIpc) is 2.75. The van der Waals surface area contributed by atoms with Crippen LogP contribution in [0, 0.1) is 0 Å². The van der Waals surface area contributed by atoms with Crippen LogP contribution in [0.3, 0.4) is 0 Å². The quantitative estimate of drug-likeness (QED) is 0.282. The number of ether oxygens (including phenoxy) is 1. The molecule has 0 atom stereocenters. The van der Waals surface area contributed by atoms with Crippen molar-refractivity contribution < 1.29 is 9.53 Å². The van der Waals surface area contributed by atoms with Crippen LogP contribution in [0.15, 0.2) is 82.8 Å². The van der Waals surface area contributed by atoms with Crippen molar-refractivity contribution in [3.8, 4) is 5.75 Å². The molecule has 0 heterocycles. The van der Waals surface area contributed by atoms with Gasteiger partial charge in [-0.3, -0.25) is 4.79 Å². The summed E-state index contributed by atoms with van der Waals surface area (Å²) >= 11 is 7.62. The second-order valence-corrected chi connectivity index (χ2v) is 7.63. The Balaban J connectivity index is 1.49. The first-order valence-corrected chi connectivity index (χ1v) is 10.5. The molecule has 0 aromatic heterocycles. The number of hydrogen-bond acceptors (Lipinski definition) is 4. The molecule has 0 saturated carbocycles. The van der Waals surface area contributed by atoms with E-state index >= 15 is 0 Å². The maximum atomic E-state index is 12.2. The van der Waals surface area contributed by atoms with Gasteiger partial charge in [-0.25, -0.2) is 5.43 Å². The third-order valence-corrected chi connectivity index (χ3v) is 5.34. The van der Waals surface area contributed by atoms with Crippen molar-refractivity contribution in [2.24, 2.45) is 5.10 Å². The molecule has 3 aromatic carbocycles. The molecule has 0 saturated heterocycles. The van der Waals surface area contributed by atoms with Crippen molar-refractivity contribution >= 4 is 35.5 Å². The van der Waals surface area contributed by atoms with Gasteiger partial charge in [-0.15, -0.1) is 11.8 Å². The summed E-state index contributed by atoms with van der Waals surface area (Å²) in [5.74, 6) is 1.38. The Labute approximate surface area is 179 Å². The fourth-order valence-corrected chi connectivity index (χ4v) is 3.48. The smallest absolute Gasteiger partial charge is 0.271 e. The van der Waals surface area contributed by atoms with Crippen molar-refractivity contribution in [2.45, 2.75) is 17.6 Å². The first-order chi connectivity index (χ1) is 14.1. The SMILES string of the molecule is CCOc1ccc(/C=N\NC(=O)c2ccc(CSc3ccc(Cl)cc3)cc2)cc1. The minimum absolute atomic E-state index is 0.246. The highest BCUT2D eigenvalue weighted by atomic mass is 35.5. The molecule has 3 rings (SSSR count). The summed E-state index contributed by atoms with van der Waals surface area (Å²) in [4.78, 5) is 13.4. The van der Waals surface area contributed by atoms with Gasteiger partial charge in [-0.1, -0.05) is 23.7 Å². The average molecular weight is 425 g/mol. The van der Waals surface area contributed by atoms with Gasteiger partial charge in [0.1, 0.15) is 5.75 Å². The molecule has 0 aliphatic heterocycles. The van der Waals surface area contributed by atoms with Crippen LogP contribution in [0.25, 0.3) is 0 Å². The van der Waals surface area contributed by atoms with E-state index in [-0.39, 0.29) is 5.91 Å². The fraction of sp³-hybridized carbons (Fsp3) is 0.130. The topological polar surface area (TPSA) is 50.7 Å². The van der Waals surface area contributed by atoms with Crippen molar-refractivity contribution in [2.75, 3.05) is 6.61 Å². The van der Waals surface area contributed by atoms with Gasteiger partial charge in [0, 0.05) is 21.2 Å². The number of carbonyl (C=O) groups excluding carboxylic acids is 1. The van der Waals surface area contributed by atoms with E-state index in [1.54, 1.807) is 30.1 Å². The van der Waals surface area contributed by atoms with Crippen molar-refractivity contribution in [1.29, 1.82) is 0 Å². The van der Waals surface area contributed by atoms with E-state index in [0.29, 0.717) is 12.2 Å². The first kappa shape index (κ1) is 21.0. The highest BCUT2D eigenvalue weighted by Crippen LogP contribution is 2.24. The molecule has 0 bridgehead atoms. The van der Waals surface area contributed by atoms with E-state index < -0.39 is 0 Å². The lowest BCUT2D eigenvalue weighted by molar-refractivity contribution is 0.0955. The Morgan fingerprint density at radius 2 is 1.72 bits per heavy atom. The summed E-state index contributed by atoms with van der Waals surface area (Å²) in [5, 5.41) is 4.75. The summed E-state index contributed by atoms with van der Waals surface area (Å²) in [6.07, 6.45) is 1.60. The standard InChI is InChI=1S/C23H21ClN2O2S/c1-2-28-21-11-5-17(6-12-21)15-25-26-23(27)19-7-3-18(4-8-19)16-29-22-13-9-20(24)10-14-22/h3-15H,2,16H2,1H3,(H,26,27)/b25-15-. The maximum absolute atomic E-state index is 12.2. The highest BCUT2D eigenvalue weighted by molar-refractivity contribution is 7.98. The van der Waals surface area contributed by atoms with E-state index in [1.165, 1.54) is 0 Å². The van der Waals surface area contributed by atoms with E-state index in [4.69, 9.17) is 16.3 Å². The van der Waals surface area contributed by atoms with Crippen LogP contribution in [0.2, 0.25) is 5.02 Å². The Morgan fingerprint density at radius 3 is 2.38 bits per heavy atom. The van der Waals surface area contributed by atoms with Crippen molar-refractivity contribution in [3.63, 3.8) is 0 Å². The minimum Gasteiger partial charge on any atom is -0.494 e. The van der Waals surface area contributed by atoms with Gasteiger partial charge in [0.05, 0.1) is 12.8 Å². The molecular weight excluding hydrogens is 404 g/mol. The molecule has 1 N–H and O–H groups in total. The fourth-order valence-electron chi connectivity index (χ4n) is 2.50. The van der Waals surface area contributed by atoms with Gasteiger partial charge in [-0.2, -0.15) is 5.10 Å². The zero-order chi connectivity index (χ0) is 20.5. The Kier molecular flexibility index (Phi) is 7.73. The predicted octanol–water partition coefficient (Wildman–Crippen LogP) is 5.79. The zero-order valence-electron chi connectivity index (χ0n) is 16.0. The summed E-state index contributed by atoms with van der Waals surface area (Å²) in [6.45, 7) is 2.57. The van der Waals surface area contributed by atoms with Crippen LogP contribution in [0.4, 0.5) is 0 Å². The Bertz CT molecular complexity index is 956. The third-order valence-electron chi connectivity index (χ3n) is 4.01. The monoisotopic (exact) mass is 424 g/mol. The number of benzene rings is 3. The van der Waals surface area contributed by atoms with Crippen molar-refractivity contribution in [1.82, 2.24) is 5.43 Å². The highest BCUT2D eigenvalue weighted by Gasteiger charge is 2.04. The zero-order valence-corrected chi connectivity index (χ0v) is 17.5. The van der Waals surface area contributed by atoms with E-state index in [0.717, 1.165) is 32.5 Å². The molecule has 6 heteroatoms. The summed E-state index contributed by atoms with van der Waals surface area (Å²) < 4.78 is 5.40. The Morgan fingerprint density at radius 1 is 1.03 bits per heavy atom. The number of amides is 1. The lowest BCUT2D eigenvalue weighted by Crippen LogP contribution is -2.17. The van der Waals surface area contributed by atoms with Crippen LogP contribution < -0.4 is 10.2 Å². The molecule has 3 aromatic rings. The molecule has 1 amide bonds. The molecule has 0 unspecified atom stereocenters. The van der Waals surface area contributed by atoms with Crippen LogP contribution in [-0.4, -0.2) is 18.7 Å². The second-order valence-electron chi connectivity index (χ2n) is 6.14. The van der Waals surface area contributed by atoms with Gasteiger partial charge in [-0.05, 0) is 78.7 Å². The largest absolute Gasteiger partial charge is 0.494 e. The van der Waals surface area contributed by atoms with Gasteiger partial charge in [0.2, 0.25) is 0 Å². The van der Waals surface area contributed by atoms with Crippen LogP contribution in [-0.2, 0) is 5.75 Å². The maximum Gasteiger partial charge on any atom is 0.271 e. The number of hydrazone groups is 1. The van der Waals surface area contributed by atoms with Crippen LogP contribution in [0.1, 0.15) is 28.4 Å². The van der Waals surface area contributed by atoms with Gasteiger partial charge in [0.15, 0.2) is 0 Å². The lowest BCUT2D eigenvalue weighted by atomic mass is 10.1. The van der Waals surface area contributed by atoms with E-state index in [1.807, 2.05) is 67.6 Å². The molecule has 0 fully saturated rings. The van der Waals surface area contributed by atoms with Crippen LogP contribution >= 0.6 is 23.4 Å². The molecule has 0 aliphatic rings. The van der Waals surface area contributed by atoms with Crippen molar-refractivity contribution in [3.05, 3.63) is 94.5 Å². The molecule has 0 aliphatic carbocycles. The van der Waals surface area contributed by atoms with Crippen LogP contribution in [0.5, 0.6) is 5.75 Å². The lowest BCUT2D eigenvalue weighted by Gasteiger charge is -2.04. The molecule has 0 spiro atoms.